The van der Waals surface area contributed by atoms with E-state index in [1.807, 2.05) is 24.3 Å². The molecule has 0 aliphatic carbocycles. The second kappa shape index (κ2) is 5.69. The molecule has 0 aliphatic rings. The van der Waals surface area contributed by atoms with E-state index in [9.17, 15) is 4.79 Å². The van der Waals surface area contributed by atoms with Crippen LogP contribution in [0.25, 0.3) is 21.9 Å². The number of carbonyl (C=O) groups is 1. The van der Waals surface area contributed by atoms with E-state index in [1.54, 1.807) is 6.33 Å². The first-order valence-corrected chi connectivity index (χ1v) is 6.61. The number of halogens is 1. The van der Waals surface area contributed by atoms with Gasteiger partial charge in [0.1, 0.15) is 5.52 Å². The Balaban J connectivity index is 0.00000161. The third-order valence-electron chi connectivity index (χ3n) is 3.25. The van der Waals surface area contributed by atoms with Crippen molar-refractivity contribution in [3.63, 3.8) is 0 Å². The predicted molar refractivity (Wildman–Crippen MR) is 85.6 cm³/mol. The molecule has 0 saturated heterocycles. The van der Waals surface area contributed by atoms with Crippen LogP contribution in [0.2, 0.25) is 0 Å². The zero-order chi connectivity index (χ0) is 14.3. The lowest BCUT2D eigenvalue weighted by molar-refractivity contribution is 0.0997. The average molecular weight is 305 g/mol. The minimum absolute atomic E-state index is 0. The molecule has 2 heterocycles. The summed E-state index contributed by atoms with van der Waals surface area (Å²) in [6.07, 6.45) is 1.76. The molecule has 1 aromatic carbocycles. The first-order valence-electron chi connectivity index (χ1n) is 6.61. The SMILES string of the molecule is CC(C)Cn1cnc2c(C(N)=O)nc3ccccc3c21.Cl. The van der Waals surface area contributed by atoms with Crippen LogP contribution in [0.4, 0.5) is 0 Å². The van der Waals surface area contributed by atoms with Crippen LogP contribution in [0.1, 0.15) is 24.3 Å². The summed E-state index contributed by atoms with van der Waals surface area (Å²) in [5.74, 6) is -0.0631. The molecule has 21 heavy (non-hydrogen) atoms. The monoisotopic (exact) mass is 304 g/mol. The van der Waals surface area contributed by atoms with Crippen molar-refractivity contribution >= 4 is 40.3 Å². The van der Waals surface area contributed by atoms with Crippen molar-refractivity contribution in [2.24, 2.45) is 11.7 Å². The highest BCUT2D eigenvalue weighted by Gasteiger charge is 2.17. The number of hydrogen-bond donors (Lipinski definition) is 1. The second-order valence-corrected chi connectivity index (χ2v) is 5.33. The predicted octanol–water partition coefficient (Wildman–Crippen LogP) is 2.76. The Morgan fingerprint density at radius 1 is 1.33 bits per heavy atom. The summed E-state index contributed by atoms with van der Waals surface area (Å²) in [4.78, 5) is 20.3. The second-order valence-electron chi connectivity index (χ2n) is 5.33. The van der Waals surface area contributed by atoms with Crippen molar-refractivity contribution in [1.29, 1.82) is 0 Å². The van der Waals surface area contributed by atoms with Crippen molar-refractivity contribution in [2.75, 3.05) is 0 Å². The highest BCUT2D eigenvalue weighted by molar-refractivity contribution is 6.11. The maximum atomic E-state index is 11.6. The summed E-state index contributed by atoms with van der Waals surface area (Å²) < 4.78 is 2.07. The third kappa shape index (κ3) is 2.56. The van der Waals surface area contributed by atoms with Crippen LogP contribution in [0.15, 0.2) is 30.6 Å². The normalized spacial score (nSPS) is 11.0. The van der Waals surface area contributed by atoms with Crippen LogP contribution in [-0.2, 0) is 6.54 Å². The van der Waals surface area contributed by atoms with Crippen LogP contribution in [-0.4, -0.2) is 20.4 Å². The van der Waals surface area contributed by atoms with E-state index < -0.39 is 5.91 Å². The number of amides is 1. The van der Waals surface area contributed by atoms with Gasteiger partial charge in [0.15, 0.2) is 5.69 Å². The van der Waals surface area contributed by atoms with Gasteiger partial charge in [0.2, 0.25) is 0 Å². The van der Waals surface area contributed by atoms with Crippen molar-refractivity contribution in [2.45, 2.75) is 20.4 Å². The molecule has 0 unspecified atom stereocenters. The number of benzene rings is 1. The fourth-order valence-corrected chi connectivity index (χ4v) is 2.49. The topological polar surface area (TPSA) is 73.8 Å². The highest BCUT2D eigenvalue weighted by Crippen LogP contribution is 2.26. The minimum Gasteiger partial charge on any atom is -0.364 e. The van der Waals surface area contributed by atoms with Gasteiger partial charge in [-0.15, -0.1) is 12.4 Å². The summed E-state index contributed by atoms with van der Waals surface area (Å²) in [5.41, 5.74) is 7.94. The quantitative estimate of drug-likeness (QED) is 0.808. The third-order valence-corrected chi connectivity index (χ3v) is 3.25. The van der Waals surface area contributed by atoms with Gasteiger partial charge in [-0.05, 0) is 12.0 Å². The fraction of sp³-hybridized carbons (Fsp3) is 0.267. The minimum atomic E-state index is -0.546. The van der Waals surface area contributed by atoms with Crippen LogP contribution >= 0.6 is 12.4 Å². The lowest BCUT2D eigenvalue weighted by atomic mass is 10.1. The van der Waals surface area contributed by atoms with Gasteiger partial charge in [-0.3, -0.25) is 4.79 Å². The largest absolute Gasteiger partial charge is 0.364 e. The van der Waals surface area contributed by atoms with E-state index in [-0.39, 0.29) is 18.1 Å². The first-order chi connectivity index (χ1) is 9.58. The maximum absolute atomic E-state index is 11.6. The Hall–Kier alpha value is -2.14. The molecule has 0 saturated carbocycles. The molecule has 6 heteroatoms. The van der Waals surface area contributed by atoms with Gasteiger partial charge in [0.25, 0.3) is 5.91 Å². The number of rotatable bonds is 3. The lowest BCUT2D eigenvalue weighted by Gasteiger charge is -2.09. The van der Waals surface area contributed by atoms with Crippen molar-refractivity contribution < 1.29 is 4.79 Å². The van der Waals surface area contributed by atoms with Crippen molar-refractivity contribution in [3.8, 4) is 0 Å². The van der Waals surface area contributed by atoms with Gasteiger partial charge in [-0.2, -0.15) is 0 Å². The maximum Gasteiger partial charge on any atom is 0.269 e. The summed E-state index contributed by atoms with van der Waals surface area (Å²) in [6, 6.07) is 7.73. The van der Waals surface area contributed by atoms with Crippen LogP contribution in [0.5, 0.6) is 0 Å². The molecule has 2 aromatic heterocycles. The molecule has 0 spiro atoms. The van der Waals surface area contributed by atoms with Gasteiger partial charge in [-0.25, -0.2) is 9.97 Å². The number of para-hydroxylation sites is 1. The number of carbonyl (C=O) groups excluding carboxylic acids is 1. The van der Waals surface area contributed by atoms with Gasteiger partial charge in [-0.1, -0.05) is 32.0 Å². The van der Waals surface area contributed by atoms with Crippen LogP contribution < -0.4 is 5.73 Å². The molecule has 0 bridgehead atoms. The smallest absolute Gasteiger partial charge is 0.269 e. The van der Waals surface area contributed by atoms with Gasteiger partial charge >= 0.3 is 0 Å². The van der Waals surface area contributed by atoms with E-state index >= 15 is 0 Å². The molecule has 110 valence electrons. The van der Waals surface area contributed by atoms with E-state index in [0.29, 0.717) is 11.4 Å². The van der Waals surface area contributed by atoms with Gasteiger partial charge < -0.3 is 10.3 Å². The van der Waals surface area contributed by atoms with Crippen molar-refractivity contribution in [3.05, 3.63) is 36.3 Å². The van der Waals surface area contributed by atoms with Crippen LogP contribution in [0, 0.1) is 5.92 Å². The number of aromatic nitrogens is 3. The molecule has 0 aliphatic heterocycles. The van der Waals surface area contributed by atoms with E-state index in [2.05, 4.69) is 28.4 Å². The number of fused-ring (bicyclic) bond motifs is 3. The molecule has 3 rings (SSSR count). The standard InChI is InChI=1S/C15H16N4O.ClH/c1-9(2)7-19-8-17-12-13(15(16)20)18-11-6-4-3-5-10(11)14(12)19;/h3-6,8-9H,7H2,1-2H3,(H2,16,20);1H. The number of imidazole rings is 1. The molecular formula is C15H17ClN4O. The number of pyridine rings is 1. The number of hydrogen-bond acceptors (Lipinski definition) is 3. The van der Waals surface area contributed by atoms with E-state index in [4.69, 9.17) is 5.73 Å². The number of primary amides is 1. The number of nitrogens with two attached hydrogens (primary N) is 1. The van der Waals surface area contributed by atoms with E-state index in [0.717, 1.165) is 23.0 Å². The summed E-state index contributed by atoms with van der Waals surface area (Å²) in [7, 11) is 0. The molecule has 5 nitrogen and oxygen atoms in total. The molecule has 0 radical (unpaired) electrons. The van der Waals surface area contributed by atoms with Gasteiger partial charge in [0.05, 0.1) is 17.4 Å². The Kier molecular flexibility index (Phi) is 4.14. The summed E-state index contributed by atoms with van der Waals surface area (Å²) in [5, 5.41) is 0.991. The van der Waals surface area contributed by atoms with E-state index in [1.165, 1.54) is 0 Å². The Morgan fingerprint density at radius 3 is 2.71 bits per heavy atom. The summed E-state index contributed by atoms with van der Waals surface area (Å²) >= 11 is 0. The molecular weight excluding hydrogens is 288 g/mol. The molecule has 2 N–H and O–H groups in total. The molecule has 0 fully saturated rings. The van der Waals surface area contributed by atoms with Gasteiger partial charge in [0, 0.05) is 11.9 Å². The van der Waals surface area contributed by atoms with Crippen LogP contribution in [0.3, 0.4) is 0 Å². The Bertz CT molecular complexity index is 810. The molecule has 0 atom stereocenters. The fourth-order valence-electron chi connectivity index (χ4n) is 2.49. The molecule has 1 amide bonds. The average Bonchev–Trinajstić information content (AvgIpc) is 2.81. The zero-order valence-corrected chi connectivity index (χ0v) is 12.7. The highest BCUT2D eigenvalue weighted by atomic mass is 35.5. The molecule has 3 aromatic rings. The zero-order valence-electron chi connectivity index (χ0n) is 11.9. The van der Waals surface area contributed by atoms with Crippen molar-refractivity contribution in [1.82, 2.24) is 14.5 Å². The lowest BCUT2D eigenvalue weighted by Crippen LogP contribution is -2.14. The first kappa shape index (κ1) is 15.3. The summed E-state index contributed by atoms with van der Waals surface area (Å²) in [6.45, 7) is 5.12. The Morgan fingerprint density at radius 2 is 2.05 bits per heavy atom. The Labute approximate surface area is 128 Å². The number of nitrogens with zero attached hydrogens (tertiary/aromatic N) is 3.